The Balaban J connectivity index is 2.30. The number of halogens is 1. The van der Waals surface area contributed by atoms with E-state index in [1.165, 1.54) is 12.1 Å². The number of nitrogens with two attached hydrogens (primary N) is 1. The molecule has 2 aromatic carbocycles. The minimum Gasteiger partial charge on any atom is -0.503 e. The lowest BCUT2D eigenvalue weighted by Gasteiger charge is -2.12. The van der Waals surface area contributed by atoms with Gasteiger partial charge in [0.05, 0.1) is 11.3 Å². The Hall–Kier alpha value is -2.31. The summed E-state index contributed by atoms with van der Waals surface area (Å²) in [5.74, 6) is -1.01. The summed E-state index contributed by atoms with van der Waals surface area (Å²) in [7, 11) is 0. The molecule has 0 aliphatic carbocycles. The van der Waals surface area contributed by atoms with E-state index >= 15 is 0 Å². The normalized spacial score (nSPS) is 9.95. The highest BCUT2D eigenvalue weighted by Gasteiger charge is 2.15. The molecule has 0 heterocycles. The van der Waals surface area contributed by atoms with Gasteiger partial charge in [0.1, 0.15) is 0 Å². The topological polar surface area (TPSA) is 84.6 Å². The number of hydrogen-bond donors (Lipinski definition) is 3. The van der Waals surface area contributed by atoms with Crippen LogP contribution in [-0.2, 0) is 0 Å². The quantitative estimate of drug-likeness (QED) is 0.349. The maximum atomic E-state index is 12.0. The van der Waals surface area contributed by atoms with Crippen molar-refractivity contribution < 1.29 is 14.6 Å². The zero-order valence-electron chi connectivity index (χ0n) is 10.7. The third kappa shape index (κ3) is 3.84. The number of nitrogens with one attached hydrogen (secondary N) is 1. The lowest BCUT2D eigenvalue weighted by Crippen LogP contribution is -2.19. The second kappa shape index (κ2) is 6.43. The predicted octanol–water partition coefficient (Wildman–Crippen LogP) is 2.92. The fourth-order valence-corrected chi connectivity index (χ4v) is 1.93. The molecule has 108 valence electrons. The van der Waals surface area contributed by atoms with Gasteiger partial charge in [0, 0.05) is 11.1 Å². The summed E-state index contributed by atoms with van der Waals surface area (Å²) in [5, 5.41) is 12.8. The van der Waals surface area contributed by atoms with E-state index in [1.54, 1.807) is 30.3 Å². The molecule has 0 unspecified atom stereocenters. The van der Waals surface area contributed by atoms with Gasteiger partial charge in [-0.15, -0.1) is 0 Å². The van der Waals surface area contributed by atoms with E-state index in [4.69, 9.17) is 34.3 Å². The Morgan fingerprint density at radius 2 is 1.95 bits per heavy atom. The van der Waals surface area contributed by atoms with E-state index in [1.807, 2.05) is 0 Å². The van der Waals surface area contributed by atoms with Gasteiger partial charge < -0.3 is 20.9 Å². The number of aromatic hydroxyl groups is 1. The Kier molecular flexibility index (Phi) is 4.62. The van der Waals surface area contributed by atoms with Gasteiger partial charge in [0.15, 0.2) is 16.6 Å². The van der Waals surface area contributed by atoms with Crippen molar-refractivity contribution in [3.05, 3.63) is 53.1 Å². The van der Waals surface area contributed by atoms with Crippen molar-refractivity contribution in [2.75, 3.05) is 5.32 Å². The number of phenolic OH excluding ortho intramolecular Hbond substituents is 1. The lowest BCUT2D eigenvalue weighted by atomic mass is 10.2. The van der Waals surface area contributed by atoms with Gasteiger partial charge in [0.2, 0.25) is 0 Å². The molecule has 7 heteroatoms. The van der Waals surface area contributed by atoms with Crippen LogP contribution in [0.3, 0.4) is 0 Å². The summed E-state index contributed by atoms with van der Waals surface area (Å²) in [6.07, 6.45) is 0. The van der Waals surface area contributed by atoms with Crippen molar-refractivity contribution in [1.29, 1.82) is 0 Å². The third-order valence-electron chi connectivity index (χ3n) is 2.51. The van der Waals surface area contributed by atoms with E-state index in [9.17, 15) is 9.90 Å². The first-order valence-electron chi connectivity index (χ1n) is 5.83. The number of benzene rings is 2. The fraction of sp³-hybridized carbons (Fsp3) is 0. The molecule has 0 atom stereocenters. The Morgan fingerprint density at radius 1 is 1.29 bits per heavy atom. The number of rotatable bonds is 3. The molecular weight excluding hydrogens is 312 g/mol. The highest BCUT2D eigenvalue weighted by molar-refractivity contribution is 7.80. The molecule has 0 bridgehead atoms. The summed E-state index contributed by atoms with van der Waals surface area (Å²) in [5.41, 5.74) is 5.85. The zero-order chi connectivity index (χ0) is 15.4. The monoisotopic (exact) mass is 322 g/mol. The maximum absolute atomic E-state index is 12.0. The number of thiocarbonyl (C=S) groups is 1. The van der Waals surface area contributed by atoms with Crippen LogP contribution in [0.15, 0.2) is 42.5 Å². The molecule has 2 aromatic rings. The number of carbonyl (C=O) groups excluding carboxylic acids is 1. The van der Waals surface area contributed by atoms with Gasteiger partial charge in [-0.25, -0.2) is 4.79 Å². The minimum atomic E-state index is -0.616. The molecule has 5 nitrogen and oxygen atoms in total. The highest BCUT2D eigenvalue weighted by atomic mass is 35.5. The molecule has 4 N–H and O–H groups in total. The van der Waals surface area contributed by atoms with Gasteiger partial charge in [0.25, 0.3) is 0 Å². The summed E-state index contributed by atoms with van der Waals surface area (Å²) < 4.78 is 5.14. The van der Waals surface area contributed by atoms with Gasteiger partial charge in [-0.05, 0) is 30.4 Å². The van der Waals surface area contributed by atoms with Crippen molar-refractivity contribution in [2.24, 2.45) is 5.73 Å². The van der Waals surface area contributed by atoms with Crippen LogP contribution < -0.4 is 15.8 Å². The van der Waals surface area contributed by atoms with Crippen molar-refractivity contribution in [2.45, 2.75) is 0 Å². The van der Waals surface area contributed by atoms with Crippen LogP contribution in [-0.4, -0.2) is 16.2 Å². The first-order chi connectivity index (χ1) is 9.97. The molecule has 0 saturated heterocycles. The fourth-order valence-electron chi connectivity index (χ4n) is 1.61. The SMILES string of the molecule is NC(=S)Nc1cc(Cl)cc(OC(=O)c2ccccc2)c1O. The number of anilines is 1. The van der Waals surface area contributed by atoms with Crippen molar-refractivity contribution in [1.82, 2.24) is 0 Å². The molecule has 21 heavy (non-hydrogen) atoms. The molecule has 2 rings (SSSR count). The van der Waals surface area contributed by atoms with Crippen LogP contribution in [0.4, 0.5) is 5.69 Å². The zero-order valence-corrected chi connectivity index (χ0v) is 12.2. The maximum Gasteiger partial charge on any atom is 0.343 e. The molecule has 0 amide bonds. The number of ether oxygens (including phenoxy) is 1. The van der Waals surface area contributed by atoms with Crippen LogP contribution in [0, 0.1) is 0 Å². The molecule has 0 radical (unpaired) electrons. The number of hydrogen-bond acceptors (Lipinski definition) is 4. The number of phenols is 1. The largest absolute Gasteiger partial charge is 0.503 e. The number of carbonyl (C=O) groups is 1. The van der Waals surface area contributed by atoms with Gasteiger partial charge in [-0.2, -0.15) is 0 Å². The standard InChI is InChI=1S/C14H11ClN2O3S/c15-9-6-10(17-14(16)21)12(18)11(7-9)20-13(19)8-4-2-1-3-5-8/h1-7,18H,(H3,16,17,21). The Bertz CT molecular complexity index is 692. The first kappa shape index (κ1) is 15.1. The second-order valence-electron chi connectivity index (χ2n) is 4.04. The van der Waals surface area contributed by atoms with E-state index in [2.05, 4.69) is 5.32 Å². The summed E-state index contributed by atoms with van der Waals surface area (Å²) >= 11 is 10.6. The average molecular weight is 323 g/mol. The van der Waals surface area contributed by atoms with Gasteiger partial charge >= 0.3 is 5.97 Å². The Morgan fingerprint density at radius 3 is 2.57 bits per heavy atom. The smallest absolute Gasteiger partial charge is 0.343 e. The minimum absolute atomic E-state index is 0.0482. The van der Waals surface area contributed by atoms with E-state index < -0.39 is 5.97 Å². The van der Waals surface area contributed by atoms with E-state index in [0.29, 0.717) is 5.56 Å². The summed E-state index contributed by atoms with van der Waals surface area (Å²) in [6, 6.07) is 11.1. The van der Waals surface area contributed by atoms with Crippen LogP contribution >= 0.6 is 23.8 Å². The highest BCUT2D eigenvalue weighted by Crippen LogP contribution is 2.37. The Labute approximate surface area is 131 Å². The molecule has 0 aliphatic heterocycles. The summed E-state index contributed by atoms with van der Waals surface area (Å²) in [4.78, 5) is 12.0. The molecule has 0 fully saturated rings. The third-order valence-corrected chi connectivity index (χ3v) is 2.83. The van der Waals surface area contributed by atoms with Crippen LogP contribution in [0.5, 0.6) is 11.5 Å². The van der Waals surface area contributed by atoms with Crippen LogP contribution in [0.25, 0.3) is 0 Å². The van der Waals surface area contributed by atoms with E-state index in [-0.39, 0.29) is 27.3 Å². The molecular formula is C14H11ClN2O3S. The lowest BCUT2D eigenvalue weighted by molar-refractivity contribution is 0.0730. The van der Waals surface area contributed by atoms with E-state index in [0.717, 1.165) is 0 Å². The predicted molar refractivity (Wildman–Crippen MR) is 84.9 cm³/mol. The first-order valence-corrected chi connectivity index (χ1v) is 6.62. The van der Waals surface area contributed by atoms with Gasteiger partial charge in [-0.1, -0.05) is 29.8 Å². The molecule has 0 aliphatic rings. The van der Waals surface area contributed by atoms with Gasteiger partial charge in [-0.3, -0.25) is 0 Å². The van der Waals surface area contributed by atoms with Crippen LogP contribution in [0.2, 0.25) is 5.02 Å². The van der Waals surface area contributed by atoms with Crippen molar-refractivity contribution in [3.63, 3.8) is 0 Å². The average Bonchev–Trinajstić information content (AvgIpc) is 2.44. The summed E-state index contributed by atoms with van der Waals surface area (Å²) in [6.45, 7) is 0. The molecule has 0 spiro atoms. The number of esters is 1. The molecule has 0 aromatic heterocycles. The molecule has 0 saturated carbocycles. The van der Waals surface area contributed by atoms with Crippen LogP contribution in [0.1, 0.15) is 10.4 Å². The van der Waals surface area contributed by atoms with Crippen molar-refractivity contribution >= 4 is 40.6 Å². The van der Waals surface area contributed by atoms with Crippen molar-refractivity contribution in [3.8, 4) is 11.5 Å². The second-order valence-corrected chi connectivity index (χ2v) is 4.92.